The predicted molar refractivity (Wildman–Crippen MR) is 101 cm³/mol. The average Bonchev–Trinajstić information content (AvgIpc) is 2.63. The van der Waals surface area contributed by atoms with E-state index in [1.165, 1.54) is 38.6 Å². The number of nitrogens with one attached hydrogen (secondary N) is 1. The van der Waals surface area contributed by atoms with Gasteiger partial charge in [-0.3, -0.25) is 10.2 Å². The fourth-order valence-corrected chi connectivity index (χ4v) is 4.33. The first-order valence-corrected chi connectivity index (χ1v) is 11.0. The van der Waals surface area contributed by atoms with E-state index in [9.17, 15) is 8.42 Å². The van der Waals surface area contributed by atoms with Crippen molar-refractivity contribution in [2.75, 3.05) is 39.0 Å². The summed E-state index contributed by atoms with van der Waals surface area (Å²) in [7, 11) is -3.08. The summed E-state index contributed by atoms with van der Waals surface area (Å²) in [4.78, 5) is 2.46. The van der Waals surface area contributed by atoms with Gasteiger partial charge in [0, 0.05) is 25.8 Å². The second kappa shape index (κ2) is 8.34. The van der Waals surface area contributed by atoms with Crippen LogP contribution in [0.3, 0.4) is 0 Å². The van der Waals surface area contributed by atoms with E-state index >= 15 is 0 Å². The molecule has 1 aromatic rings. The third kappa shape index (κ3) is 5.30. The first-order chi connectivity index (χ1) is 12.0. The van der Waals surface area contributed by atoms with E-state index in [-0.39, 0.29) is 0 Å². The Balaban J connectivity index is 1.52. The lowest BCUT2D eigenvalue weighted by Crippen LogP contribution is -2.38. The smallest absolute Gasteiger partial charge is 0.163 e. The van der Waals surface area contributed by atoms with Crippen LogP contribution in [-0.2, 0) is 9.84 Å². The number of benzene rings is 1. The second-order valence-electron chi connectivity index (χ2n) is 6.94. The molecule has 2 heterocycles. The predicted octanol–water partition coefficient (Wildman–Crippen LogP) is 2.30. The summed E-state index contributed by atoms with van der Waals surface area (Å²) in [5.41, 5.74) is 2.15. The molecule has 1 unspecified atom stereocenters. The number of nitrogens with zero attached hydrogens (tertiary/aromatic N) is 1. The van der Waals surface area contributed by atoms with Crippen LogP contribution in [0, 0.1) is 0 Å². The molecular formula is C19H28N2O3S. The minimum atomic E-state index is -3.08. The average molecular weight is 365 g/mol. The van der Waals surface area contributed by atoms with Gasteiger partial charge in [0.1, 0.15) is 17.7 Å². The van der Waals surface area contributed by atoms with E-state index in [0.717, 1.165) is 23.4 Å². The number of hydrogen-bond acceptors (Lipinski definition) is 5. The first-order valence-electron chi connectivity index (χ1n) is 9.09. The molecule has 2 aliphatic heterocycles. The van der Waals surface area contributed by atoms with Crippen LogP contribution in [-0.4, -0.2) is 57.7 Å². The normalized spacial score (nSPS) is 22.4. The van der Waals surface area contributed by atoms with Crippen molar-refractivity contribution in [2.24, 2.45) is 0 Å². The summed E-state index contributed by atoms with van der Waals surface area (Å²) >= 11 is 0. The molecule has 1 atom stereocenters. The summed E-state index contributed by atoms with van der Waals surface area (Å²) in [5.74, 6) is 0.870. The van der Waals surface area contributed by atoms with Crippen molar-refractivity contribution in [1.82, 2.24) is 10.2 Å². The van der Waals surface area contributed by atoms with Gasteiger partial charge in [0.15, 0.2) is 9.84 Å². The highest BCUT2D eigenvalue weighted by Gasteiger charge is 2.24. The maximum absolute atomic E-state index is 11.8. The maximum Gasteiger partial charge on any atom is 0.163 e. The second-order valence-corrected chi connectivity index (χ2v) is 9.16. The van der Waals surface area contributed by atoms with Gasteiger partial charge in [0.05, 0.1) is 0 Å². The van der Waals surface area contributed by atoms with Crippen molar-refractivity contribution in [1.29, 1.82) is 0 Å². The molecule has 0 radical (unpaired) electrons. The zero-order chi connectivity index (χ0) is 17.7. The highest BCUT2D eigenvalue weighted by atomic mass is 32.2. The molecule has 1 aromatic carbocycles. The summed E-state index contributed by atoms with van der Waals surface area (Å²) in [5, 5.41) is 2.54. The molecule has 0 spiro atoms. The molecule has 0 bridgehead atoms. The van der Waals surface area contributed by atoms with Crippen LogP contribution in [0.15, 0.2) is 30.3 Å². The van der Waals surface area contributed by atoms with Gasteiger partial charge < -0.3 is 4.74 Å². The number of rotatable bonds is 6. The van der Waals surface area contributed by atoms with Gasteiger partial charge >= 0.3 is 0 Å². The molecular weight excluding hydrogens is 336 g/mol. The molecule has 25 heavy (non-hydrogen) atoms. The SMILES string of the molecule is CS(=O)(=O)C1CC(c2ccc(OCCN3CCCCC3)cc2)=CCN1. The summed E-state index contributed by atoms with van der Waals surface area (Å²) in [6.07, 6.45) is 7.81. The standard InChI is InChI=1S/C19H28N2O3S/c1-25(22,23)19-15-17(9-10-20-19)16-5-7-18(8-6-16)24-14-13-21-11-3-2-4-12-21/h5-9,19-20H,2-4,10-15H2,1H3. The molecule has 5 nitrogen and oxygen atoms in total. The monoisotopic (exact) mass is 364 g/mol. The van der Waals surface area contributed by atoms with Crippen molar-refractivity contribution in [3.63, 3.8) is 0 Å². The molecule has 0 aromatic heterocycles. The zero-order valence-corrected chi connectivity index (χ0v) is 15.7. The molecule has 3 rings (SSSR count). The van der Waals surface area contributed by atoms with Crippen LogP contribution in [0.4, 0.5) is 0 Å². The van der Waals surface area contributed by atoms with Crippen molar-refractivity contribution in [3.8, 4) is 5.75 Å². The number of piperidine rings is 1. The first kappa shape index (κ1) is 18.4. The third-order valence-electron chi connectivity index (χ3n) is 4.97. The molecule has 138 valence electrons. The Kier molecular flexibility index (Phi) is 6.15. The summed E-state index contributed by atoms with van der Waals surface area (Å²) < 4.78 is 29.4. The van der Waals surface area contributed by atoms with Crippen molar-refractivity contribution < 1.29 is 13.2 Å². The zero-order valence-electron chi connectivity index (χ0n) is 14.9. The van der Waals surface area contributed by atoms with E-state index in [0.29, 0.717) is 19.6 Å². The summed E-state index contributed by atoms with van der Waals surface area (Å²) in [6.45, 7) is 4.65. The van der Waals surface area contributed by atoms with E-state index < -0.39 is 15.2 Å². The molecule has 1 fully saturated rings. The fourth-order valence-electron chi connectivity index (χ4n) is 3.45. The van der Waals surface area contributed by atoms with E-state index in [4.69, 9.17) is 4.74 Å². The lowest BCUT2D eigenvalue weighted by Gasteiger charge is -2.26. The van der Waals surface area contributed by atoms with Crippen molar-refractivity contribution >= 4 is 15.4 Å². The van der Waals surface area contributed by atoms with Gasteiger partial charge in [-0.05, 0) is 49.2 Å². The van der Waals surface area contributed by atoms with Gasteiger partial charge in [-0.15, -0.1) is 0 Å². The topological polar surface area (TPSA) is 58.6 Å². The largest absolute Gasteiger partial charge is 0.492 e. The van der Waals surface area contributed by atoms with Gasteiger partial charge in [0.2, 0.25) is 0 Å². The molecule has 0 amide bonds. The molecule has 6 heteroatoms. The van der Waals surface area contributed by atoms with Gasteiger partial charge in [-0.2, -0.15) is 0 Å². The highest BCUT2D eigenvalue weighted by molar-refractivity contribution is 7.91. The van der Waals surface area contributed by atoms with Gasteiger partial charge in [-0.1, -0.05) is 24.6 Å². The van der Waals surface area contributed by atoms with Gasteiger partial charge in [-0.25, -0.2) is 8.42 Å². The van der Waals surface area contributed by atoms with E-state index in [2.05, 4.69) is 16.3 Å². The van der Waals surface area contributed by atoms with Crippen molar-refractivity contribution in [3.05, 3.63) is 35.9 Å². The Morgan fingerprint density at radius 1 is 1.16 bits per heavy atom. The van der Waals surface area contributed by atoms with Crippen LogP contribution < -0.4 is 10.1 Å². The highest BCUT2D eigenvalue weighted by Crippen LogP contribution is 2.26. The molecule has 1 saturated heterocycles. The molecule has 2 aliphatic rings. The Morgan fingerprint density at radius 2 is 1.88 bits per heavy atom. The van der Waals surface area contributed by atoms with Crippen LogP contribution in [0.2, 0.25) is 0 Å². The fraction of sp³-hybridized carbons (Fsp3) is 0.579. The molecule has 0 aliphatic carbocycles. The number of ether oxygens (including phenoxy) is 1. The lowest BCUT2D eigenvalue weighted by molar-refractivity contribution is 0.183. The van der Waals surface area contributed by atoms with Crippen LogP contribution in [0.25, 0.3) is 5.57 Å². The Morgan fingerprint density at radius 3 is 2.56 bits per heavy atom. The Labute approximate surface area is 151 Å². The third-order valence-corrected chi connectivity index (χ3v) is 6.33. The van der Waals surface area contributed by atoms with Gasteiger partial charge in [0.25, 0.3) is 0 Å². The Bertz CT molecular complexity index is 692. The van der Waals surface area contributed by atoms with Crippen LogP contribution in [0.5, 0.6) is 5.75 Å². The van der Waals surface area contributed by atoms with E-state index in [1.807, 2.05) is 24.3 Å². The van der Waals surface area contributed by atoms with Crippen LogP contribution in [0.1, 0.15) is 31.2 Å². The van der Waals surface area contributed by atoms with Crippen molar-refractivity contribution in [2.45, 2.75) is 31.1 Å². The molecule has 1 N–H and O–H groups in total. The minimum absolute atomic E-state index is 0.493. The van der Waals surface area contributed by atoms with E-state index in [1.54, 1.807) is 0 Å². The number of sulfone groups is 1. The number of likely N-dealkylation sites (tertiary alicyclic amines) is 1. The maximum atomic E-state index is 11.8. The minimum Gasteiger partial charge on any atom is -0.492 e. The Hall–Kier alpha value is -1.37. The quantitative estimate of drug-likeness (QED) is 0.839. The summed E-state index contributed by atoms with van der Waals surface area (Å²) in [6, 6.07) is 7.99. The van der Waals surface area contributed by atoms with Crippen LogP contribution >= 0.6 is 0 Å². The molecule has 0 saturated carbocycles. The lowest BCUT2D eigenvalue weighted by atomic mass is 10.0. The number of hydrogen-bond donors (Lipinski definition) is 1.